The lowest BCUT2D eigenvalue weighted by molar-refractivity contribution is -0.197. The normalized spacial score (nSPS) is 16.5. The van der Waals surface area contributed by atoms with E-state index in [2.05, 4.69) is 4.58 Å². The quantitative estimate of drug-likeness (QED) is 0.0344. The Balaban J connectivity index is 1.28. The van der Waals surface area contributed by atoms with Gasteiger partial charge in [0, 0.05) is 68.5 Å². The first-order valence-corrected chi connectivity index (χ1v) is 31.7. The summed E-state index contributed by atoms with van der Waals surface area (Å²) < 4.78 is 138. The number of ether oxygens (including phenoxy) is 11. The van der Waals surface area contributed by atoms with E-state index in [4.69, 9.17) is 61.4 Å². The molecular formula is C58H86N3O22S2+. The van der Waals surface area contributed by atoms with Gasteiger partial charge in [0.2, 0.25) is 5.36 Å². The molecule has 0 aromatic heterocycles. The van der Waals surface area contributed by atoms with Crippen molar-refractivity contribution in [2.75, 3.05) is 177 Å². The molecule has 1 aliphatic carbocycles. The molecule has 25 nitrogen and oxygen atoms in total. The van der Waals surface area contributed by atoms with Gasteiger partial charge in [0.1, 0.15) is 19.0 Å². The van der Waals surface area contributed by atoms with Crippen molar-refractivity contribution < 1.29 is 102 Å². The lowest BCUT2D eigenvalue weighted by Gasteiger charge is -2.30. The average Bonchev–Trinajstić information content (AvgIpc) is 1.94. The van der Waals surface area contributed by atoms with Gasteiger partial charge in [0.05, 0.1) is 142 Å². The van der Waals surface area contributed by atoms with E-state index >= 15 is 0 Å². The molecule has 4 aliphatic rings. The third-order valence-electron chi connectivity index (χ3n) is 13.6. The molecule has 5 rings (SSSR count). The number of hydroxylamine groups is 2. The van der Waals surface area contributed by atoms with Crippen molar-refractivity contribution in [2.24, 2.45) is 0 Å². The highest BCUT2D eigenvalue weighted by Gasteiger charge is 2.44. The van der Waals surface area contributed by atoms with Gasteiger partial charge in [-0.2, -0.15) is 16.8 Å². The summed E-state index contributed by atoms with van der Waals surface area (Å²) in [6.45, 7) is 12.2. The molecule has 1 fully saturated rings. The Hall–Kier alpha value is -5.08. The average molecular weight is 1240 g/mol. The number of rotatable bonds is 47. The first kappa shape index (κ1) is 70.7. The fourth-order valence-corrected chi connectivity index (χ4v) is 10.3. The summed E-state index contributed by atoms with van der Waals surface area (Å²) in [5.74, 6) is -1.80. The van der Waals surface area contributed by atoms with Gasteiger partial charge in [-0.3, -0.25) is 18.7 Å². The van der Waals surface area contributed by atoms with E-state index in [1.54, 1.807) is 26.5 Å². The predicted molar refractivity (Wildman–Crippen MR) is 311 cm³/mol. The summed E-state index contributed by atoms with van der Waals surface area (Å²) in [5.41, 5.74) is 2.40. The van der Waals surface area contributed by atoms with E-state index in [9.17, 15) is 40.3 Å². The molecule has 2 amide bonds. The maximum absolute atomic E-state index is 12.6. The molecule has 0 spiro atoms. The van der Waals surface area contributed by atoms with Gasteiger partial charge in [-0.05, 0) is 80.1 Å². The molecule has 85 heavy (non-hydrogen) atoms. The van der Waals surface area contributed by atoms with Gasteiger partial charge in [0.25, 0.3) is 32.1 Å². The van der Waals surface area contributed by atoms with Gasteiger partial charge in [0.15, 0.2) is 13.1 Å². The summed E-state index contributed by atoms with van der Waals surface area (Å²) in [6.07, 6.45) is 8.69. The number of nitrogens with zero attached hydrogens (tertiary/aromatic N) is 3. The number of carbonyl (C=O) groups excluding carboxylic acids is 3. The number of carbonyl (C=O) groups is 3. The molecule has 1 aromatic rings. The minimum atomic E-state index is -4.65. The zero-order chi connectivity index (χ0) is 61.2. The van der Waals surface area contributed by atoms with Gasteiger partial charge < -0.3 is 66.3 Å². The number of unbranched alkanes of at least 4 members (excludes halogenated alkanes) is 2. The number of amides is 2. The van der Waals surface area contributed by atoms with E-state index in [0.29, 0.717) is 199 Å². The first-order chi connectivity index (χ1) is 41.1. The van der Waals surface area contributed by atoms with Crippen LogP contribution in [0.2, 0.25) is 0 Å². The number of allylic oxidation sites excluding steroid dienone is 3. The van der Waals surface area contributed by atoms with E-state index in [-0.39, 0.29) is 37.0 Å². The summed E-state index contributed by atoms with van der Waals surface area (Å²) >= 11 is 0. The van der Waals surface area contributed by atoms with Crippen molar-refractivity contribution in [1.82, 2.24) is 9.64 Å². The standard InChI is InChI=1S/C58H85N3O22S2/c1-58(19-8-44-84(65,66)67)51-46-49(85(68,69)70)13-15-52(51)60(20-6-4-5-11-57(64)83-61-55(62)16-17-56(61)63)54(58)10-7-9-47-18-23-82-53-45-48(12-14-50(47)53)59(21-24-73-30-32-77-38-40-79-36-34-75-28-26-71-2)22-25-74-31-33-78-39-41-81-43-42-80-37-35-76-29-27-72-3/h7,9-10,12-15,18,23,45-46H,4-6,8,11,16-17,19-22,24-44H2,1-3H3,(H-,65,66,67,68,69,70)/p+1. The highest BCUT2D eigenvalue weighted by molar-refractivity contribution is 7.86. The van der Waals surface area contributed by atoms with Crippen LogP contribution in [0, 0.1) is 0 Å². The van der Waals surface area contributed by atoms with Crippen LogP contribution in [0.15, 0.2) is 75.9 Å². The van der Waals surface area contributed by atoms with Crippen molar-refractivity contribution in [1.29, 1.82) is 0 Å². The number of hydrogen-bond donors (Lipinski definition) is 2. The van der Waals surface area contributed by atoms with Crippen molar-refractivity contribution in [2.45, 2.75) is 68.6 Å². The SMILES string of the molecule is COCCOCCOCCOCCOCCOCC[N+](CCOCCOCCOCCOCCOC)=c1ccc2c(/C=C/C=C3/N(CCCCCC(=O)ON4C(=O)CCC4=O)c4ccc(S(=O)(=O)O)cc4C3(C)CCCS(=O)(=O)O)ccoc-2c1. The maximum atomic E-state index is 12.6. The summed E-state index contributed by atoms with van der Waals surface area (Å²) in [4.78, 5) is 43.2. The third-order valence-corrected chi connectivity index (χ3v) is 15.3. The molecule has 27 heteroatoms. The van der Waals surface area contributed by atoms with Crippen LogP contribution in [0.25, 0.3) is 17.4 Å². The molecule has 2 N–H and O–H groups in total. The first-order valence-electron chi connectivity index (χ1n) is 28.6. The number of benzene rings is 2. The molecule has 3 aliphatic heterocycles. The van der Waals surface area contributed by atoms with Crippen molar-refractivity contribution in [3.63, 3.8) is 0 Å². The highest BCUT2D eigenvalue weighted by Crippen LogP contribution is 2.51. The molecule has 1 saturated heterocycles. The monoisotopic (exact) mass is 1240 g/mol. The van der Waals surface area contributed by atoms with Gasteiger partial charge in [-0.15, -0.1) is 5.06 Å². The molecule has 0 bridgehead atoms. The number of fused-ring (bicyclic) bond motifs is 2. The fourth-order valence-electron chi connectivity index (χ4n) is 9.28. The Morgan fingerprint density at radius 1 is 0.647 bits per heavy atom. The highest BCUT2D eigenvalue weighted by atomic mass is 32.2. The second-order valence-electron chi connectivity index (χ2n) is 19.8. The van der Waals surface area contributed by atoms with Crippen molar-refractivity contribution in [3.05, 3.63) is 83.1 Å². The second kappa shape index (κ2) is 38.9. The van der Waals surface area contributed by atoms with Crippen LogP contribution in [-0.2, 0) is 97.0 Å². The molecule has 1 atom stereocenters. The minimum Gasteiger partial charge on any atom is -0.464 e. The third kappa shape index (κ3) is 25.7. The Morgan fingerprint density at radius 3 is 1.67 bits per heavy atom. The number of methoxy groups -OCH3 is 2. The smallest absolute Gasteiger partial charge is 0.333 e. The Kier molecular flexibility index (Phi) is 32.4. The lowest BCUT2D eigenvalue weighted by atomic mass is 9.77. The van der Waals surface area contributed by atoms with Crippen LogP contribution in [-0.4, -0.2) is 221 Å². The number of imide groups is 1. The van der Waals surface area contributed by atoms with Crippen LogP contribution < -0.4 is 14.8 Å². The number of hydrogen-bond acceptors (Lipinski definition) is 21. The van der Waals surface area contributed by atoms with Crippen LogP contribution in [0.5, 0.6) is 0 Å². The minimum absolute atomic E-state index is 0.0139. The summed E-state index contributed by atoms with van der Waals surface area (Å²) in [7, 11) is -5.75. The molecule has 1 unspecified atom stereocenters. The predicted octanol–water partition coefficient (Wildman–Crippen LogP) is 4.36. The molecule has 476 valence electrons. The van der Waals surface area contributed by atoms with Crippen molar-refractivity contribution >= 4 is 49.8 Å². The zero-order valence-corrected chi connectivity index (χ0v) is 50.8. The van der Waals surface area contributed by atoms with Gasteiger partial charge in [-0.1, -0.05) is 18.6 Å². The van der Waals surface area contributed by atoms with Crippen LogP contribution >= 0.6 is 0 Å². The van der Waals surface area contributed by atoms with Crippen LogP contribution in [0.1, 0.15) is 69.4 Å². The van der Waals surface area contributed by atoms with E-state index in [1.165, 1.54) is 12.1 Å². The van der Waals surface area contributed by atoms with Crippen LogP contribution in [0.4, 0.5) is 5.69 Å². The number of anilines is 1. The molecule has 1 aromatic carbocycles. The molecule has 0 radical (unpaired) electrons. The lowest BCUT2D eigenvalue weighted by Crippen LogP contribution is -2.36. The largest absolute Gasteiger partial charge is 0.464 e. The summed E-state index contributed by atoms with van der Waals surface area (Å²) in [5, 5.41) is 1.38. The zero-order valence-electron chi connectivity index (χ0n) is 49.2. The maximum Gasteiger partial charge on any atom is 0.333 e. The van der Waals surface area contributed by atoms with E-state index < -0.39 is 49.2 Å². The molecular weight excluding hydrogens is 1150 g/mol. The summed E-state index contributed by atoms with van der Waals surface area (Å²) in [6, 6.07) is 12.0. The Bertz CT molecular complexity index is 2810. The van der Waals surface area contributed by atoms with Crippen molar-refractivity contribution in [3.8, 4) is 11.3 Å². The Labute approximate surface area is 498 Å². The van der Waals surface area contributed by atoms with Gasteiger partial charge in [-0.25, -0.2) is 9.37 Å². The fraction of sp³-hybridized carbons (Fsp3) is 0.621. The topological polar surface area (TPSA) is 293 Å². The Morgan fingerprint density at radius 2 is 1.16 bits per heavy atom. The van der Waals surface area contributed by atoms with Gasteiger partial charge >= 0.3 is 5.97 Å². The second-order valence-corrected chi connectivity index (χ2v) is 22.8. The van der Waals surface area contributed by atoms with E-state index in [1.807, 2.05) is 54.3 Å². The molecule has 0 saturated carbocycles. The van der Waals surface area contributed by atoms with Crippen LogP contribution in [0.3, 0.4) is 0 Å². The van der Waals surface area contributed by atoms with E-state index in [0.717, 1.165) is 16.5 Å². The molecule has 3 heterocycles.